The number of nitrogens with zero attached hydrogens (tertiary/aromatic N) is 2. The second-order valence-corrected chi connectivity index (χ2v) is 7.30. The number of nitrogens with one attached hydrogen (secondary N) is 2. The third-order valence-corrected chi connectivity index (χ3v) is 4.81. The summed E-state index contributed by atoms with van der Waals surface area (Å²) in [6.45, 7) is 5.85. The van der Waals surface area contributed by atoms with Gasteiger partial charge in [0.05, 0.1) is 5.25 Å². The van der Waals surface area contributed by atoms with E-state index in [1.807, 2.05) is 19.1 Å². The zero-order valence-corrected chi connectivity index (χ0v) is 14.3. The van der Waals surface area contributed by atoms with Crippen molar-refractivity contribution in [2.45, 2.75) is 16.5 Å². The number of carbonyl (C=O) groups excluding carboxylic acids is 1. The van der Waals surface area contributed by atoms with E-state index in [1.165, 1.54) is 23.1 Å². The van der Waals surface area contributed by atoms with Gasteiger partial charge >= 0.3 is 0 Å². The minimum atomic E-state index is -0.244. The first-order chi connectivity index (χ1) is 10.6. The van der Waals surface area contributed by atoms with E-state index in [0.717, 1.165) is 10.0 Å². The van der Waals surface area contributed by atoms with Crippen LogP contribution in [0.4, 0.5) is 10.8 Å². The molecular weight excluding hydrogens is 340 g/mol. The Bertz CT molecular complexity index is 662. The van der Waals surface area contributed by atoms with Crippen LogP contribution in [0.5, 0.6) is 0 Å². The molecule has 116 valence electrons. The van der Waals surface area contributed by atoms with Crippen molar-refractivity contribution >= 4 is 51.4 Å². The normalized spacial score (nSPS) is 11.7. The van der Waals surface area contributed by atoms with Crippen LogP contribution in [0.2, 0.25) is 5.02 Å². The van der Waals surface area contributed by atoms with Gasteiger partial charge in [-0.25, -0.2) is 0 Å². The Morgan fingerprint density at radius 2 is 2.36 bits per heavy atom. The van der Waals surface area contributed by atoms with Crippen LogP contribution >= 0.6 is 34.7 Å². The summed E-state index contributed by atoms with van der Waals surface area (Å²) in [5.74, 6) is -0.0514. The Morgan fingerprint density at radius 1 is 1.55 bits per heavy atom. The highest BCUT2D eigenvalue weighted by atomic mass is 35.5. The molecule has 1 heterocycles. The molecule has 0 saturated heterocycles. The van der Waals surface area contributed by atoms with Crippen LogP contribution in [-0.2, 0) is 4.79 Å². The Labute approximate surface area is 142 Å². The molecule has 0 unspecified atom stereocenters. The average molecular weight is 355 g/mol. The second kappa shape index (κ2) is 8.17. The molecular formula is C14H15ClN4OS2. The fraction of sp³-hybridized carbons (Fsp3) is 0.214. The highest BCUT2D eigenvalue weighted by Gasteiger charge is 2.16. The first kappa shape index (κ1) is 16.8. The lowest BCUT2D eigenvalue weighted by Gasteiger charge is -2.08. The number of aromatic nitrogens is 2. The van der Waals surface area contributed by atoms with Crippen molar-refractivity contribution < 1.29 is 4.79 Å². The van der Waals surface area contributed by atoms with Crippen LogP contribution < -0.4 is 10.6 Å². The van der Waals surface area contributed by atoms with Gasteiger partial charge in [0.25, 0.3) is 0 Å². The third kappa shape index (κ3) is 5.01. The lowest BCUT2D eigenvalue weighted by atomic mass is 10.3. The van der Waals surface area contributed by atoms with E-state index in [0.29, 0.717) is 16.7 Å². The van der Waals surface area contributed by atoms with Crippen LogP contribution in [0.15, 0.2) is 41.3 Å². The number of halogens is 1. The fourth-order valence-electron chi connectivity index (χ4n) is 1.52. The van der Waals surface area contributed by atoms with Crippen LogP contribution in [-0.4, -0.2) is 27.9 Å². The summed E-state index contributed by atoms with van der Waals surface area (Å²) in [6, 6.07) is 7.36. The maximum Gasteiger partial charge on any atom is 0.233 e. The van der Waals surface area contributed by atoms with E-state index in [4.69, 9.17) is 11.6 Å². The molecule has 22 heavy (non-hydrogen) atoms. The maximum absolute atomic E-state index is 11.8. The first-order valence-corrected chi connectivity index (χ1v) is 8.57. The van der Waals surface area contributed by atoms with Gasteiger partial charge in [-0.3, -0.25) is 4.79 Å². The number of anilines is 2. The van der Waals surface area contributed by atoms with Gasteiger partial charge in [0.2, 0.25) is 11.0 Å². The topological polar surface area (TPSA) is 66.9 Å². The minimum Gasteiger partial charge on any atom is -0.352 e. The molecule has 1 atom stereocenters. The van der Waals surface area contributed by atoms with Crippen LogP contribution in [0.1, 0.15) is 6.92 Å². The highest BCUT2D eigenvalue weighted by Crippen LogP contribution is 2.30. The van der Waals surface area contributed by atoms with Crippen molar-refractivity contribution in [2.24, 2.45) is 0 Å². The Hall–Kier alpha value is -1.57. The molecule has 8 heteroatoms. The van der Waals surface area contributed by atoms with Gasteiger partial charge in [0.1, 0.15) is 0 Å². The molecule has 0 aliphatic rings. The van der Waals surface area contributed by atoms with Crippen molar-refractivity contribution in [3.63, 3.8) is 0 Å². The molecule has 0 aliphatic heterocycles. The van der Waals surface area contributed by atoms with Crippen LogP contribution in [0, 0.1) is 0 Å². The van der Waals surface area contributed by atoms with Gasteiger partial charge in [0, 0.05) is 17.3 Å². The van der Waals surface area contributed by atoms with E-state index >= 15 is 0 Å². The molecule has 1 aromatic heterocycles. The number of hydrogen-bond acceptors (Lipinski definition) is 6. The second-order valence-electron chi connectivity index (χ2n) is 4.30. The summed E-state index contributed by atoms with van der Waals surface area (Å²) >= 11 is 8.69. The predicted octanol–water partition coefficient (Wildman–Crippen LogP) is 3.72. The van der Waals surface area contributed by atoms with Crippen molar-refractivity contribution in [3.8, 4) is 0 Å². The Balaban J connectivity index is 1.93. The molecule has 0 fully saturated rings. The number of rotatable bonds is 7. The van der Waals surface area contributed by atoms with Gasteiger partial charge < -0.3 is 10.6 Å². The molecule has 1 amide bonds. The summed E-state index contributed by atoms with van der Waals surface area (Å²) in [5, 5.41) is 15.1. The molecule has 0 saturated carbocycles. The van der Waals surface area contributed by atoms with Crippen LogP contribution in [0.3, 0.4) is 0 Å². The van der Waals surface area contributed by atoms with Gasteiger partial charge in [0.15, 0.2) is 4.34 Å². The van der Waals surface area contributed by atoms with Crippen molar-refractivity contribution in [1.29, 1.82) is 0 Å². The number of benzene rings is 1. The molecule has 2 N–H and O–H groups in total. The quantitative estimate of drug-likeness (QED) is 0.586. The standard InChI is InChI=1S/C14H15ClN4OS2/c1-3-7-16-12(20)9(2)21-14-19-18-13(22-14)17-11-6-4-5-10(15)8-11/h3-6,8-9H,1,7H2,2H3,(H,16,20)(H,17,18)/t9-/m0/s1. The maximum atomic E-state index is 11.8. The predicted molar refractivity (Wildman–Crippen MR) is 93.2 cm³/mol. The number of hydrogen-bond donors (Lipinski definition) is 2. The van der Waals surface area contributed by atoms with E-state index in [9.17, 15) is 4.79 Å². The molecule has 1 aromatic carbocycles. The monoisotopic (exact) mass is 354 g/mol. The van der Waals surface area contributed by atoms with E-state index in [-0.39, 0.29) is 11.2 Å². The summed E-state index contributed by atoms with van der Waals surface area (Å²) in [6.07, 6.45) is 1.65. The lowest BCUT2D eigenvalue weighted by Crippen LogP contribution is -2.30. The highest BCUT2D eigenvalue weighted by molar-refractivity contribution is 8.02. The Kier molecular flexibility index (Phi) is 6.23. The summed E-state index contributed by atoms with van der Waals surface area (Å²) in [7, 11) is 0. The fourth-order valence-corrected chi connectivity index (χ4v) is 3.65. The van der Waals surface area contributed by atoms with Crippen molar-refractivity contribution in [3.05, 3.63) is 41.9 Å². The molecule has 0 bridgehead atoms. The third-order valence-electron chi connectivity index (χ3n) is 2.55. The zero-order valence-electron chi connectivity index (χ0n) is 11.9. The van der Waals surface area contributed by atoms with Gasteiger partial charge in [-0.1, -0.05) is 46.8 Å². The molecule has 2 aromatic rings. The zero-order chi connectivity index (χ0) is 15.9. The molecule has 0 spiro atoms. The largest absolute Gasteiger partial charge is 0.352 e. The van der Waals surface area contributed by atoms with Crippen LogP contribution in [0.25, 0.3) is 0 Å². The number of thioether (sulfide) groups is 1. The number of amides is 1. The van der Waals surface area contributed by atoms with Gasteiger partial charge in [-0.2, -0.15) is 0 Å². The summed E-state index contributed by atoms with van der Waals surface area (Å²) < 4.78 is 0.728. The van der Waals surface area contributed by atoms with E-state index in [2.05, 4.69) is 27.4 Å². The van der Waals surface area contributed by atoms with E-state index < -0.39 is 0 Å². The summed E-state index contributed by atoms with van der Waals surface area (Å²) in [4.78, 5) is 11.8. The number of carbonyl (C=O) groups is 1. The van der Waals surface area contributed by atoms with Gasteiger partial charge in [-0.05, 0) is 25.1 Å². The molecule has 2 rings (SSSR count). The molecule has 0 radical (unpaired) electrons. The smallest absolute Gasteiger partial charge is 0.233 e. The van der Waals surface area contributed by atoms with Crippen molar-refractivity contribution in [1.82, 2.24) is 15.5 Å². The minimum absolute atomic E-state index is 0.0514. The Morgan fingerprint density at radius 3 is 3.09 bits per heavy atom. The molecule has 0 aliphatic carbocycles. The first-order valence-electron chi connectivity index (χ1n) is 6.50. The SMILES string of the molecule is C=CCNC(=O)[C@H](C)Sc1nnc(Nc2cccc(Cl)c2)s1. The lowest BCUT2D eigenvalue weighted by molar-refractivity contribution is -0.120. The molecule has 5 nitrogen and oxygen atoms in total. The summed E-state index contributed by atoms with van der Waals surface area (Å²) in [5.41, 5.74) is 0.844. The van der Waals surface area contributed by atoms with Gasteiger partial charge in [-0.15, -0.1) is 16.8 Å². The van der Waals surface area contributed by atoms with E-state index in [1.54, 1.807) is 18.2 Å². The van der Waals surface area contributed by atoms with Crippen molar-refractivity contribution in [2.75, 3.05) is 11.9 Å². The average Bonchev–Trinajstić information content (AvgIpc) is 2.91.